The fraction of sp³-hybridized carbons (Fsp3) is 0.286. The molecule has 0 aliphatic heterocycles. The van der Waals surface area contributed by atoms with Crippen molar-refractivity contribution >= 4 is 22.5 Å². The summed E-state index contributed by atoms with van der Waals surface area (Å²) >= 11 is 1.57. The van der Waals surface area contributed by atoms with Gasteiger partial charge in [-0.3, -0.25) is 0 Å². The van der Waals surface area contributed by atoms with Gasteiger partial charge in [-0.15, -0.1) is 11.8 Å². The van der Waals surface area contributed by atoms with Crippen molar-refractivity contribution < 1.29 is 5.11 Å². The SMILES string of the molecule is CSc1cc2cc(C(C)C)ccc2cc1O. The second-order valence-electron chi connectivity index (χ2n) is 4.29. The Morgan fingerprint density at radius 2 is 1.81 bits per heavy atom. The number of thioether (sulfide) groups is 1. The van der Waals surface area contributed by atoms with E-state index in [1.54, 1.807) is 11.8 Å². The van der Waals surface area contributed by atoms with Crippen LogP contribution in [0.25, 0.3) is 10.8 Å². The van der Waals surface area contributed by atoms with Gasteiger partial charge in [0, 0.05) is 4.90 Å². The summed E-state index contributed by atoms with van der Waals surface area (Å²) in [4.78, 5) is 0.938. The minimum absolute atomic E-state index is 0.372. The minimum Gasteiger partial charge on any atom is -0.507 e. The van der Waals surface area contributed by atoms with Gasteiger partial charge >= 0.3 is 0 Å². The normalized spacial score (nSPS) is 11.2. The van der Waals surface area contributed by atoms with Gasteiger partial charge in [-0.2, -0.15) is 0 Å². The van der Waals surface area contributed by atoms with E-state index in [1.165, 1.54) is 10.9 Å². The zero-order valence-electron chi connectivity index (χ0n) is 9.82. The summed E-state index contributed by atoms with van der Waals surface area (Å²) in [6, 6.07) is 10.3. The Morgan fingerprint density at radius 3 is 2.44 bits per heavy atom. The average molecular weight is 232 g/mol. The van der Waals surface area contributed by atoms with Gasteiger partial charge in [0.05, 0.1) is 0 Å². The van der Waals surface area contributed by atoms with Gasteiger partial charge in [-0.1, -0.05) is 32.0 Å². The third-order valence-electron chi connectivity index (χ3n) is 2.83. The Hall–Kier alpha value is -1.15. The molecule has 84 valence electrons. The molecule has 0 amide bonds. The molecule has 0 atom stereocenters. The van der Waals surface area contributed by atoms with Gasteiger partial charge in [0.15, 0.2) is 0 Å². The van der Waals surface area contributed by atoms with Crippen molar-refractivity contribution in [3.05, 3.63) is 35.9 Å². The first kappa shape index (κ1) is 11.3. The van der Waals surface area contributed by atoms with Crippen molar-refractivity contribution in [1.29, 1.82) is 0 Å². The van der Waals surface area contributed by atoms with Gasteiger partial charge in [0.1, 0.15) is 5.75 Å². The molecule has 0 bridgehead atoms. The lowest BCUT2D eigenvalue weighted by atomic mass is 9.99. The zero-order chi connectivity index (χ0) is 11.7. The Balaban J connectivity index is 2.63. The Labute approximate surface area is 100 Å². The number of aromatic hydroxyl groups is 1. The standard InChI is InChI=1S/C14H16OS/c1-9(2)10-4-5-11-7-13(15)14(16-3)8-12(11)6-10/h4-9,15H,1-3H3. The second-order valence-corrected chi connectivity index (χ2v) is 5.13. The van der Waals surface area contributed by atoms with Gasteiger partial charge in [0.25, 0.3) is 0 Å². The van der Waals surface area contributed by atoms with Crippen molar-refractivity contribution in [3.63, 3.8) is 0 Å². The maximum absolute atomic E-state index is 9.77. The zero-order valence-corrected chi connectivity index (χ0v) is 10.6. The summed E-state index contributed by atoms with van der Waals surface area (Å²) in [5.74, 6) is 0.910. The minimum atomic E-state index is 0.372. The van der Waals surface area contributed by atoms with Crippen molar-refractivity contribution in [3.8, 4) is 5.75 Å². The molecular formula is C14H16OS. The van der Waals surface area contributed by atoms with E-state index in [0.717, 1.165) is 10.3 Å². The van der Waals surface area contributed by atoms with Crippen LogP contribution in [-0.4, -0.2) is 11.4 Å². The first-order chi connectivity index (χ1) is 7.61. The first-order valence-electron chi connectivity index (χ1n) is 5.42. The van der Waals surface area contributed by atoms with E-state index in [4.69, 9.17) is 0 Å². The summed E-state index contributed by atoms with van der Waals surface area (Å²) in [5.41, 5.74) is 1.34. The van der Waals surface area contributed by atoms with E-state index in [2.05, 4.69) is 38.1 Å². The van der Waals surface area contributed by atoms with Crippen LogP contribution in [0.4, 0.5) is 0 Å². The van der Waals surface area contributed by atoms with Gasteiger partial charge in [0.2, 0.25) is 0 Å². The molecule has 16 heavy (non-hydrogen) atoms. The molecule has 0 radical (unpaired) electrons. The molecule has 2 rings (SSSR count). The molecule has 0 saturated heterocycles. The number of phenolic OH excluding ortho intramolecular Hbond substituents is 1. The van der Waals surface area contributed by atoms with Crippen molar-refractivity contribution in [2.24, 2.45) is 0 Å². The number of phenols is 1. The van der Waals surface area contributed by atoms with E-state index < -0.39 is 0 Å². The molecular weight excluding hydrogens is 216 g/mol. The Kier molecular flexibility index (Phi) is 3.10. The Morgan fingerprint density at radius 1 is 1.06 bits per heavy atom. The number of benzene rings is 2. The first-order valence-corrected chi connectivity index (χ1v) is 6.65. The quantitative estimate of drug-likeness (QED) is 0.775. The number of hydrogen-bond acceptors (Lipinski definition) is 2. The highest BCUT2D eigenvalue weighted by Gasteiger charge is 2.05. The van der Waals surface area contributed by atoms with Crippen molar-refractivity contribution in [2.75, 3.05) is 6.26 Å². The highest BCUT2D eigenvalue weighted by Crippen LogP contribution is 2.32. The molecule has 0 aliphatic rings. The summed E-state index contributed by atoms with van der Waals surface area (Å²) in [6.07, 6.45) is 1.98. The van der Waals surface area contributed by atoms with Crippen LogP contribution in [0.2, 0.25) is 0 Å². The third kappa shape index (κ3) is 2.03. The number of rotatable bonds is 2. The highest BCUT2D eigenvalue weighted by molar-refractivity contribution is 7.98. The third-order valence-corrected chi connectivity index (χ3v) is 3.60. The fourth-order valence-electron chi connectivity index (χ4n) is 1.81. The van der Waals surface area contributed by atoms with Crippen LogP contribution in [0.15, 0.2) is 35.2 Å². The summed E-state index contributed by atoms with van der Waals surface area (Å²) < 4.78 is 0. The van der Waals surface area contributed by atoms with E-state index in [9.17, 15) is 5.11 Å². The monoisotopic (exact) mass is 232 g/mol. The molecule has 0 saturated carbocycles. The van der Waals surface area contributed by atoms with E-state index >= 15 is 0 Å². The van der Waals surface area contributed by atoms with Crippen molar-refractivity contribution in [2.45, 2.75) is 24.7 Å². The molecule has 0 heterocycles. The van der Waals surface area contributed by atoms with Gasteiger partial charge < -0.3 is 5.11 Å². The summed E-state index contributed by atoms with van der Waals surface area (Å²) in [7, 11) is 0. The van der Waals surface area contributed by atoms with Crippen LogP contribution < -0.4 is 0 Å². The fourth-order valence-corrected chi connectivity index (χ4v) is 2.32. The van der Waals surface area contributed by atoms with Crippen LogP contribution in [0.3, 0.4) is 0 Å². The molecule has 1 N–H and O–H groups in total. The topological polar surface area (TPSA) is 20.2 Å². The average Bonchev–Trinajstić information content (AvgIpc) is 2.27. The number of fused-ring (bicyclic) bond motifs is 1. The van der Waals surface area contributed by atoms with Gasteiger partial charge in [-0.25, -0.2) is 0 Å². The lowest BCUT2D eigenvalue weighted by Crippen LogP contribution is -1.87. The number of hydrogen-bond donors (Lipinski definition) is 1. The largest absolute Gasteiger partial charge is 0.507 e. The van der Waals surface area contributed by atoms with Gasteiger partial charge in [-0.05, 0) is 40.6 Å². The maximum Gasteiger partial charge on any atom is 0.129 e. The summed E-state index contributed by atoms with van der Waals surface area (Å²) in [5, 5.41) is 12.1. The highest BCUT2D eigenvalue weighted by atomic mass is 32.2. The van der Waals surface area contributed by atoms with Crippen LogP contribution in [0, 0.1) is 0 Å². The van der Waals surface area contributed by atoms with Crippen LogP contribution in [0.1, 0.15) is 25.3 Å². The van der Waals surface area contributed by atoms with E-state index in [1.807, 2.05) is 12.3 Å². The molecule has 1 nitrogen and oxygen atoms in total. The lowest BCUT2D eigenvalue weighted by Gasteiger charge is -2.09. The Bertz CT molecular complexity index is 517. The second kappa shape index (κ2) is 4.38. The van der Waals surface area contributed by atoms with Crippen molar-refractivity contribution in [1.82, 2.24) is 0 Å². The molecule has 2 heteroatoms. The van der Waals surface area contributed by atoms with E-state index in [-0.39, 0.29) is 0 Å². The van der Waals surface area contributed by atoms with E-state index in [0.29, 0.717) is 11.7 Å². The lowest BCUT2D eigenvalue weighted by molar-refractivity contribution is 0.463. The molecule has 0 spiro atoms. The summed E-state index contributed by atoms with van der Waals surface area (Å²) in [6.45, 7) is 4.38. The molecule has 2 aromatic rings. The molecule has 2 aromatic carbocycles. The molecule has 0 aromatic heterocycles. The molecule has 0 unspecified atom stereocenters. The predicted molar refractivity (Wildman–Crippen MR) is 71.5 cm³/mol. The molecule has 0 fully saturated rings. The van der Waals surface area contributed by atoms with Crippen LogP contribution in [0.5, 0.6) is 5.75 Å². The maximum atomic E-state index is 9.77. The smallest absolute Gasteiger partial charge is 0.129 e. The van der Waals surface area contributed by atoms with Crippen LogP contribution >= 0.6 is 11.8 Å². The molecule has 0 aliphatic carbocycles. The predicted octanol–water partition coefficient (Wildman–Crippen LogP) is 4.39. The van der Waals surface area contributed by atoms with Crippen LogP contribution in [-0.2, 0) is 0 Å².